The van der Waals surface area contributed by atoms with Crippen molar-refractivity contribution >= 4 is 15.9 Å². The van der Waals surface area contributed by atoms with Gasteiger partial charge < -0.3 is 9.47 Å². The van der Waals surface area contributed by atoms with Crippen LogP contribution in [0, 0.1) is 5.82 Å². The molecular weight excluding hydrogens is 487 g/mol. The van der Waals surface area contributed by atoms with Crippen LogP contribution in [0.2, 0.25) is 0 Å². The maximum Gasteiger partial charge on any atom is 0.283 e. The van der Waals surface area contributed by atoms with Gasteiger partial charge in [-0.05, 0) is 66.3 Å². The molecule has 0 saturated heterocycles. The number of carbonyl (C=O) groups is 1. The van der Waals surface area contributed by atoms with Crippen molar-refractivity contribution in [1.82, 2.24) is 19.5 Å². The quantitative estimate of drug-likeness (QED) is 0.436. The van der Waals surface area contributed by atoms with Gasteiger partial charge in [0.25, 0.3) is 10.0 Å². The summed E-state index contributed by atoms with van der Waals surface area (Å²) in [6.45, 7) is 7.75. The number of hydrogen-bond donors (Lipinski definition) is 1. The Hall–Kier alpha value is -3.31. The highest BCUT2D eigenvalue weighted by atomic mass is 32.2. The van der Waals surface area contributed by atoms with Gasteiger partial charge in [0.05, 0.1) is 25.7 Å². The predicted molar refractivity (Wildman–Crippen MR) is 133 cm³/mol. The lowest BCUT2D eigenvalue weighted by atomic mass is 9.88. The fourth-order valence-corrected chi connectivity index (χ4v) is 4.67. The molecular formula is C25H31FN4O5S. The molecule has 3 aromatic rings. The highest BCUT2D eigenvalue weighted by molar-refractivity contribution is 7.90. The lowest BCUT2D eigenvalue weighted by Crippen LogP contribution is -2.33. The molecule has 3 rings (SSSR count). The summed E-state index contributed by atoms with van der Waals surface area (Å²) in [6.07, 6.45) is 2.74. The Morgan fingerprint density at radius 1 is 1.19 bits per heavy atom. The van der Waals surface area contributed by atoms with Crippen LogP contribution in [-0.2, 0) is 32.5 Å². The third kappa shape index (κ3) is 6.46. The zero-order valence-corrected chi connectivity index (χ0v) is 22.0. The Labute approximate surface area is 210 Å². The molecule has 0 aliphatic heterocycles. The molecule has 0 radical (unpaired) electrons. The second kappa shape index (κ2) is 10.8. The molecule has 1 N–H and O–H groups in total. The average molecular weight is 519 g/mol. The topological polar surface area (TPSA) is 112 Å². The van der Waals surface area contributed by atoms with Crippen LogP contribution in [0.4, 0.5) is 4.39 Å². The van der Waals surface area contributed by atoms with Crippen LogP contribution < -0.4 is 9.46 Å². The van der Waals surface area contributed by atoms with Crippen LogP contribution >= 0.6 is 0 Å². The molecule has 2 aromatic heterocycles. The highest BCUT2D eigenvalue weighted by Gasteiger charge is 2.25. The van der Waals surface area contributed by atoms with Crippen molar-refractivity contribution in [2.75, 3.05) is 14.2 Å². The summed E-state index contributed by atoms with van der Waals surface area (Å²) in [5.41, 5.74) is 1.60. The first kappa shape index (κ1) is 27.3. The van der Waals surface area contributed by atoms with Crippen LogP contribution in [0.15, 0.2) is 47.8 Å². The third-order valence-corrected chi connectivity index (χ3v) is 6.96. The monoisotopic (exact) mass is 518 g/mol. The maximum atomic E-state index is 14.5. The number of nitrogens with one attached hydrogen (secondary N) is 1. The zero-order chi connectivity index (χ0) is 26.7. The van der Waals surface area contributed by atoms with Gasteiger partial charge in [-0.3, -0.25) is 9.48 Å². The van der Waals surface area contributed by atoms with E-state index < -0.39 is 27.3 Å². The van der Waals surface area contributed by atoms with Crippen LogP contribution in [0.5, 0.6) is 5.88 Å². The second-order valence-electron chi connectivity index (χ2n) is 9.28. The van der Waals surface area contributed by atoms with Crippen molar-refractivity contribution in [3.05, 3.63) is 59.7 Å². The van der Waals surface area contributed by atoms with Crippen molar-refractivity contribution in [3.63, 3.8) is 0 Å². The van der Waals surface area contributed by atoms with Gasteiger partial charge in [-0.1, -0.05) is 13.8 Å². The summed E-state index contributed by atoms with van der Waals surface area (Å²) in [7, 11) is -1.21. The molecule has 0 aliphatic carbocycles. The Balaban J connectivity index is 1.92. The largest absolute Gasteiger partial charge is 0.481 e. The molecule has 1 amide bonds. The van der Waals surface area contributed by atoms with E-state index in [0.717, 1.165) is 0 Å². The second-order valence-corrected chi connectivity index (χ2v) is 10.9. The number of nitrogens with zero attached hydrogens (tertiary/aromatic N) is 3. The van der Waals surface area contributed by atoms with Gasteiger partial charge in [-0.15, -0.1) is 0 Å². The van der Waals surface area contributed by atoms with Gasteiger partial charge in [0.2, 0.25) is 11.8 Å². The minimum atomic E-state index is -4.23. The number of rotatable bonds is 10. The van der Waals surface area contributed by atoms with E-state index in [9.17, 15) is 17.6 Å². The zero-order valence-electron chi connectivity index (χ0n) is 21.2. The number of amides is 1. The molecule has 0 atom stereocenters. The van der Waals surface area contributed by atoms with Gasteiger partial charge in [-0.25, -0.2) is 14.1 Å². The fraction of sp³-hybridized carbons (Fsp3) is 0.400. The van der Waals surface area contributed by atoms with E-state index in [1.165, 1.54) is 42.4 Å². The first-order chi connectivity index (χ1) is 16.8. The number of halogens is 1. The molecule has 0 bridgehead atoms. The number of carbonyl (C=O) groups excluding carboxylic acids is 1. The molecule has 0 spiro atoms. The Bertz CT molecular complexity index is 1350. The first-order valence-corrected chi connectivity index (χ1v) is 12.8. The lowest BCUT2D eigenvalue weighted by Gasteiger charge is -2.22. The van der Waals surface area contributed by atoms with Crippen LogP contribution in [-0.4, -0.2) is 48.9 Å². The molecule has 194 valence electrons. The van der Waals surface area contributed by atoms with E-state index in [0.29, 0.717) is 34.7 Å². The van der Waals surface area contributed by atoms with Crippen LogP contribution in [0.3, 0.4) is 0 Å². The smallest absolute Gasteiger partial charge is 0.283 e. The van der Waals surface area contributed by atoms with Crippen molar-refractivity contribution in [1.29, 1.82) is 0 Å². The molecule has 0 saturated carbocycles. The fourth-order valence-electron chi connectivity index (χ4n) is 3.74. The van der Waals surface area contributed by atoms with Crippen molar-refractivity contribution < 1.29 is 27.1 Å². The molecule has 1 aromatic carbocycles. The summed E-state index contributed by atoms with van der Waals surface area (Å²) in [6, 6.07) is 7.30. The molecule has 9 nitrogen and oxygen atoms in total. The number of pyridine rings is 1. The predicted octanol–water partition coefficient (Wildman–Crippen LogP) is 3.69. The first-order valence-electron chi connectivity index (χ1n) is 11.3. The Morgan fingerprint density at radius 2 is 1.92 bits per heavy atom. The number of sulfonamides is 1. The van der Waals surface area contributed by atoms with Crippen molar-refractivity contribution in [3.8, 4) is 17.0 Å². The lowest BCUT2D eigenvalue weighted by molar-refractivity contribution is -0.118. The number of methoxy groups -OCH3 is 2. The number of aromatic nitrogens is 3. The Kier molecular flexibility index (Phi) is 8.15. The highest BCUT2D eigenvalue weighted by Crippen LogP contribution is 2.33. The van der Waals surface area contributed by atoms with Crippen LogP contribution in [0.25, 0.3) is 11.1 Å². The van der Waals surface area contributed by atoms with Crippen molar-refractivity contribution in [2.45, 2.75) is 57.2 Å². The maximum absolute atomic E-state index is 14.5. The summed E-state index contributed by atoms with van der Waals surface area (Å²) >= 11 is 0. The molecule has 0 fully saturated rings. The minimum absolute atomic E-state index is 0.123. The molecule has 11 heteroatoms. The van der Waals surface area contributed by atoms with Gasteiger partial charge in [-0.2, -0.15) is 13.5 Å². The van der Waals surface area contributed by atoms with Crippen LogP contribution in [0.1, 0.15) is 44.7 Å². The van der Waals surface area contributed by atoms with E-state index in [4.69, 9.17) is 9.47 Å². The minimum Gasteiger partial charge on any atom is -0.481 e. The number of hydrogen-bond acceptors (Lipinski definition) is 7. The van der Waals surface area contributed by atoms with E-state index in [1.54, 1.807) is 19.2 Å². The third-order valence-electron chi connectivity index (χ3n) is 5.70. The number of ether oxygens (including phenoxy) is 2. The Morgan fingerprint density at radius 3 is 2.56 bits per heavy atom. The normalized spacial score (nSPS) is 12.1. The number of benzene rings is 1. The van der Waals surface area contributed by atoms with Gasteiger partial charge >= 0.3 is 0 Å². The van der Waals surface area contributed by atoms with E-state index in [1.807, 2.05) is 27.7 Å². The summed E-state index contributed by atoms with van der Waals surface area (Å²) in [4.78, 5) is 17.0. The van der Waals surface area contributed by atoms with E-state index >= 15 is 0 Å². The SMILES string of the molecule is COc1cc(-c2cc(F)cc(C(C)C)c2CC(=O)NS(=O)(=O)c2ccn(CC(C)(C)OC)n2)ccn1. The van der Waals surface area contributed by atoms with E-state index in [2.05, 4.69) is 14.8 Å². The molecule has 0 unspecified atom stereocenters. The average Bonchev–Trinajstić information content (AvgIpc) is 3.28. The summed E-state index contributed by atoms with van der Waals surface area (Å²) in [5, 5.41) is 3.79. The molecule has 2 heterocycles. The molecule has 0 aliphatic rings. The standard InChI is InChI=1S/C25H31FN4O5S/c1-16(2)19-12-18(26)13-20(17-7-9-27-23(11-17)34-5)21(19)14-22(31)29-36(32,33)24-8-10-30(28-24)15-25(3,4)35-6/h7-13,16H,14-15H2,1-6H3,(H,29,31). The van der Waals surface area contributed by atoms with Gasteiger partial charge in [0.1, 0.15) is 5.82 Å². The van der Waals surface area contributed by atoms with E-state index in [-0.39, 0.29) is 17.4 Å². The van der Waals surface area contributed by atoms with Crippen molar-refractivity contribution in [2.24, 2.45) is 0 Å². The molecule has 36 heavy (non-hydrogen) atoms. The summed E-state index contributed by atoms with van der Waals surface area (Å²) < 4.78 is 54.3. The summed E-state index contributed by atoms with van der Waals surface area (Å²) in [5.74, 6) is -1.03. The van der Waals surface area contributed by atoms with Gasteiger partial charge in [0.15, 0.2) is 5.03 Å². The van der Waals surface area contributed by atoms with Gasteiger partial charge in [0, 0.05) is 25.6 Å².